The van der Waals surface area contributed by atoms with Crippen molar-refractivity contribution in [3.05, 3.63) is 71.8 Å². The van der Waals surface area contributed by atoms with Gasteiger partial charge >= 0.3 is 0 Å². The van der Waals surface area contributed by atoms with Gasteiger partial charge < -0.3 is 17.8 Å². The van der Waals surface area contributed by atoms with Crippen LogP contribution >= 0.6 is 30.4 Å². The van der Waals surface area contributed by atoms with Crippen LogP contribution in [-0.2, 0) is 25.2 Å². The Hall–Kier alpha value is -0.800. The second-order valence-corrected chi connectivity index (χ2v) is 11.5. The molecule has 2 aromatic carbocycles. The van der Waals surface area contributed by atoms with Crippen LogP contribution in [0.25, 0.3) is 0 Å². The molecule has 2 aromatic rings. The van der Waals surface area contributed by atoms with Crippen LogP contribution in [0.5, 0.6) is 0 Å². The molecule has 0 heterocycles. The maximum absolute atomic E-state index is 13.9. The number of nitrogens with zero attached hydrogens (tertiary/aromatic N) is 2. The summed E-state index contributed by atoms with van der Waals surface area (Å²) in [5, 5.41) is 3.26. The van der Waals surface area contributed by atoms with Crippen molar-refractivity contribution in [2.24, 2.45) is 0 Å². The Balaban J connectivity index is 2.02. The number of nitrogens with one attached hydrogen (secondary N) is 1. The van der Waals surface area contributed by atoms with E-state index >= 15 is 0 Å². The second kappa shape index (κ2) is 16.0. The zero-order valence-corrected chi connectivity index (χ0v) is 23.2. The fourth-order valence-electron chi connectivity index (χ4n) is 3.69. The molecule has 1 N–H and O–H groups in total. The monoisotopic (exact) mass is 587 g/mol. The molecule has 0 radical (unpaired) electrons. The van der Waals surface area contributed by atoms with Gasteiger partial charge in [-0.05, 0) is 38.1 Å². The van der Waals surface area contributed by atoms with Crippen molar-refractivity contribution >= 4 is 30.4 Å². The van der Waals surface area contributed by atoms with E-state index < -0.39 is 7.37 Å². The van der Waals surface area contributed by atoms with E-state index in [-0.39, 0.29) is 6.10 Å². The smallest absolute Gasteiger partial charge is 0.230 e. The molecule has 0 aliphatic rings. The van der Waals surface area contributed by atoms with Gasteiger partial charge in [0.05, 0.1) is 25.3 Å². The highest BCUT2D eigenvalue weighted by molar-refractivity contribution is 14.1. The predicted octanol–water partition coefficient (Wildman–Crippen LogP) is 5.59. The van der Waals surface area contributed by atoms with Gasteiger partial charge in [-0.2, -0.15) is 0 Å². The van der Waals surface area contributed by atoms with Crippen LogP contribution in [0.15, 0.2) is 60.7 Å². The molecule has 0 aromatic heterocycles. The minimum Gasteiger partial charge on any atom is -0.327 e. The third-order valence-corrected chi connectivity index (χ3v) is 8.31. The largest absolute Gasteiger partial charge is 0.327 e. The first-order valence-electron chi connectivity index (χ1n) is 11.6. The average Bonchev–Trinajstić information content (AvgIpc) is 2.82. The molecule has 8 heteroatoms. The number of hydrogen-bond acceptors (Lipinski definition) is 6. The second-order valence-electron chi connectivity index (χ2n) is 8.52. The summed E-state index contributed by atoms with van der Waals surface area (Å²) in [6.07, 6.45) is 1.82. The molecule has 0 aliphatic heterocycles. The van der Waals surface area contributed by atoms with Gasteiger partial charge in [-0.15, -0.1) is 0 Å². The summed E-state index contributed by atoms with van der Waals surface area (Å²) in [4.78, 5) is 4.47. The highest BCUT2D eigenvalue weighted by Crippen LogP contribution is 2.47. The number of halogens is 1. The van der Waals surface area contributed by atoms with Gasteiger partial charge in [-0.1, -0.05) is 67.6 Å². The fraction of sp³-hybridized carbons (Fsp3) is 0.520. The minimum atomic E-state index is -2.89. The summed E-state index contributed by atoms with van der Waals surface area (Å²) in [5.74, 6) is 0. The maximum atomic E-state index is 13.9. The number of rotatable bonds is 17. The first-order chi connectivity index (χ1) is 15.9. The quantitative estimate of drug-likeness (QED) is 0.148. The normalized spacial score (nSPS) is 14.5. The Labute approximate surface area is 214 Å². The van der Waals surface area contributed by atoms with Crippen LogP contribution in [0.1, 0.15) is 31.4 Å². The van der Waals surface area contributed by atoms with Gasteiger partial charge in [0.25, 0.3) is 0 Å². The highest BCUT2D eigenvalue weighted by Gasteiger charge is 2.26. The first-order valence-corrected chi connectivity index (χ1v) is 14.5. The maximum Gasteiger partial charge on any atom is 0.230 e. The van der Waals surface area contributed by atoms with Gasteiger partial charge in [0.1, 0.15) is 23.0 Å². The molecule has 184 valence electrons. The van der Waals surface area contributed by atoms with Crippen molar-refractivity contribution in [1.29, 1.82) is 0 Å². The van der Waals surface area contributed by atoms with Gasteiger partial charge in [0.2, 0.25) is 7.37 Å². The molecule has 0 aliphatic carbocycles. The minimum absolute atomic E-state index is 0.181. The summed E-state index contributed by atoms with van der Waals surface area (Å²) in [7, 11) is -0.814. The summed E-state index contributed by atoms with van der Waals surface area (Å²) < 4.78 is 25.3. The molecule has 1 unspecified atom stereocenters. The van der Waals surface area contributed by atoms with E-state index in [4.69, 9.17) is 7.59 Å². The zero-order chi connectivity index (χ0) is 23.9. The van der Waals surface area contributed by atoms with Crippen LogP contribution < -0.4 is 5.32 Å². The molecule has 2 rings (SSSR count). The number of likely N-dealkylation sites (N-methyl/N-ethyl adjacent to an activating group) is 1. The lowest BCUT2D eigenvalue weighted by Gasteiger charge is -2.28. The van der Waals surface area contributed by atoms with Crippen molar-refractivity contribution in [2.75, 3.05) is 45.9 Å². The number of hydrogen-bond donors (Lipinski definition) is 1. The summed E-state index contributed by atoms with van der Waals surface area (Å²) in [6.45, 7) is 8.53. The summed E-state index contributed by atoms with van der Waals surface area (Å²) >= 11 is 1.94. The third kappa shape index (κ3) is 11.9. The van der Waals surface area contributed by atoms with Crippen molar-refractivity contribution in [1.82, 2.24) is 15.1 Å². The Morgan fingerprint density at radius 3 is 2.12 bits per heavy atom. The van der Waals surface area contributed by atoms with E-state index in [9.17, 15) is 4.57 Å². The Bertz CT molecular complexity index is 772. The standard InChI is InChI=1S/C25H39IN3O3P/c1-4-27-21-33(30,31-17-11-16-28(3)18-23(2)32-26)22-29(19-24-12-7-5-8-13-24)20-25-14-9-6-10-15-25/h5-10,12-15,23,27H,4,11,16-22H2,1-3H3/t23-,33?/m0/s1. The van der Waals surface area contributed by atoms with Crippen molar-refractivity contribution in [3.8, 4) is 0 Å². The molecule has 6 nitrogen and oxygen atoms in total. The van der Waals surface area contributed by atoms with Crippen LogP contribution in [0.2, 0.25) is 0 Å². The first kappa shape index (κ1) is 28.4. The Kier molecular flexibility index (Phi) is 13.8. The molecule has 0 saturated heterocycles. The highest BCUT2D eigenvalue weighted by atomic mass is 127. The average molecular weight is 587 g/mol. The summed E-state index contributed by atoms with van der Waals surface area (Å²) in [6, 6.07) is 20.7. The molecule has 0 fully saturated rings. The lowest BCUT2D eigenvalue weighted by Crippen LogP contribution is -2.30. The van der Waals surface area contributed by atoms with E-state index in [0.29, 0.717) is 19.2 Å². The van der Waals surface area contributed by atoms with E-state index in [0.717, 1.165) is 39.1 Å². The van der Waals surface area contributed by atoms with Crippen molar-refractivity contribution in [2.45, 2.75) is 39.5 Å². The third-order valence-electron chi connectivity index (χ3n) is 5.25. The molecule has 0 spiro atoms. The lowest BCUT2D eigenvalue weighted by molar-refractivity contribution is 0.195. The van der Waals surface area contributed by atoms with Gasteiger partial charge in [-0.3, -0.25) is 9.46 Å². The number of benzene rings is 2. The van der Waals surface area contributed by atoms with E-state index in [2.05, 4.69) is 53.4 Å². The van der Waals surface area contributed by atoms with Gasteiger partial charge in [-0.25, -0.2) is 0 Å². The predicted molar refractivity (Wildman–Crippen MR) is 146 cm³/mol. The lowest BCUT2D eigenvalue weighted by atomic mass is 10.2. The Morgan fingerprint density at radius 1 is 1.03 bits per heavy atom. The van der Waals surface area contributed by atoms with Crippen LogP contribution in [0, 0.1) is 0 Å². The fourth-order valence-corrected chi connectivity index (χ4v) is 5.96. The van der Waals surface area contributed by atoms with Gasteiger partial charge in [0.15, 0.2) is 0 Å². The molecular weight excluding hydrogens is 548 g/mol. The Morgan fingerprint density at radius 2 is 1.61 bits per heavy atom. The molecular formula is C25H39IN3O3P. The van der Waals surface area contributed by atoms with Gasteiger partial charge in [0, 0.05) is 26.2 Å². The molecule has 0 bridgehead atoms. The van der Waals surface area contributed by atoms with E-state index in [1.807, 2.05) is 66.3 Å². The molecule has 0 saturated carbocycles. The zero-order valence-electron chi connectivity index (χ0n) is 20.2. The van der Waals surface area contributed by atoms with E-state index in [1.54, 1.807) is 0 Å². The molecule has 2 atom stereocenters. The van der Waals surface area contributed by atoms with Crippen LogP contribution in [-0.4, -0.2) is 61.8 Å². The SMILES string of the molecule is CCNCP(=O)(CN(Cc1ccccc1)Cc1ccccc1)OCCCN(C)C[C@H](C)OI. The van der Waals surface area contributed by atoms with E-state index in [1.165, 1.54) is 11.1 Å². The topological polar surface area (TPSA) is 54.0 Å². The summed E-state index contributed by atoms with van der Waals surface area (Å²) in [5.41, 5.74) is 2.41. The van der Waals surface area contributed by atoms with Crippen molar-refractivity contribution in [3.63, 3.8) is 0 Å². The van der Waals surface area contributed by atoms with Crippen molar-refractivity contribution < 1.29 is 12.2 Å². The van der Waals surface area contributed by atoms with Crippen LogP contribution in [0.4, 0.5) is 0 Å². The molecule has 0 amide bonds. The molecule has 33 heavy (non-hydrogen) atoms. The van der Waals surface area contributed by atoms with Crippen LogP contribution in [0.3, 0.4) is 0 Å².